The normalized spacial score (nSPS) is 12.3. The van der Waals surface area contributed by atoms with Gasteiger partial charge in [0.25, 0.3) is 0 Å². The predicted molar refractivity (Wildman–Crippen MR) is 128 cm³/mol. The summed E-state index contributed by atoms with van der Waals surface area (Å²) in [6.45, 7) is 5.48. The summed E-state index contributed by atoms with van der Waals surface area (Å²) < 4.78 is 31.8. The molecule has 1 heterocycles. The van der Waals surface area contributed by atoms with Gasteiger partial charge in [0.15, 0.2) is 0 Å². The van der Waals surface area contributed by atoms with Crippen molar-refractivity contribution in [2.75, 3.05) is 23.0 Å². The van der Waals surface area contributed by atoms with Crippen LogP contribution in [0.25, 0.3) is 10.6 Å². The van der Waals surface area contributed by atoms with Crippen LogP contribution in [0.2, 0.25) is 0 Å². The number of carbonyl (C=O) groups is 1. The van der Waals surface area contributed by atoms with Crippen molar-refractivity contribution in [2.45, 2.75) is 33.2 Å². The second-order valence-corrected chi connectivity index (χ2v) is 10.2. The maximum absolute atomic E-state index is 13.1. The summed E-state index contributed by atoms with van der Waals surface area (Å²) in [6, 6.07) is 11.9. The lowest BCUT2D eigenvalue weighted by atomic mass is 10.1. The first kappa shape index (κ1) is 23.7. The topological polar surface area (TPSA) is 101 Å². The summed E-state index contributed by atoms with van der Waals surface area (Å²) in [5, 5.41) is 11.9. The highest BCUT2D eigenvalue weighted by Crippen LogP contribution is 2.30. The predicted octanol–water partition coefficient (Wildman–Crippen LogP) is 4.01. The van der Waals surface area contributed by atoms with Crippen molar-refractivity contribution < 1.29 is 17.9 Å². The van der Waals surface area contributed by atoms with Gasteiger partial charge in [0.1, 0.15) is 16.8 Å². The van der Waals surface area contributed by atoms with Crippen LogP contribution in [0.5, 0.6) is 5.75 Å². The lowest BCUT2D eigenvalue weighted by molar-refractivity contribution is -0.117. The Morgan fingerprint density at radius 2 is 1.84 bits per heavy atom. The van der Waals surface area contributed by atoms with Crippen LogP contribution in [0.15, 0.2) is 42.5 Å². The maximum atomic E-state index is 13.1. The number of methoxy groups -OCH3 is 1. The Hall–Kier alpha value is -2.98. The molecule has 8 nitrogen and oxygen atoms in total. The summed E-state index contributed by atoms with van der Waals surface area (Å²) in [6.07, 6.45) is 1.40. The minimum atomic E-state index is -3.72. The van der Waals surface area contributed by atoms with Crippen LogP contribution in [0, 0.1) is 13.8 Å². The molecular weight excluding hydrogens is 448 g/mol. The van der Waals surface area contributed by atoms with E-state index in [0.717, 1.165) is 28.7 Å². The molecule has 0 bridgehead atoms. The van der Waals surface area contributed by atoms with Crippen molar-refractivity contribution in [3.63, 3.8) is 0 Å². The number of aromatic nitrogens is 2. The first-order chi connectivity index (χ1) is 15.1. The largest absolute Gasteiger partial charge is 0.497 e. The monoisotopic (exact) mass is 474 g/mol. The Morgan fingerprint density at radius 3 is 2.44 bits per heavy atom. The number of anilines is 2. The molecule has 1 unspecified atom stereocenters. The highest BCUT2D eigenvalue weighted by atomic mass is 32.2. The van der Waals surface area contributed by atoms with Gasteiger partial charge >= 0.3 is 0 Å². The fraction of sp³-hybridized carbons (Fsp3) is 0.318. The average molecular weight is 475 g/mol. The number of ether oxygens (including phenoxy) is 1. The van der Waals surface area contributed by atoms with E-state index in [-0.39, 0.29) is 6.42 Å². The highest BCUT2D eigenvalue weighted by Gasteiger charge is 2.33. The highest BCUT2D eigenvalue weighted by molar-refractivity contribution is 7.92. The molecule has 0 fully saturated rings. The van der Waals surface area contributed by atoms with Crippen molar-refractivity contribution in [3.8, 4) is 16.3 Å². The quantitative estimate of drug-likeness (QED) is 0.529. The molecule has 170 valence electrons. The van der Waals surface area contributed by atoms with Crippen molar-refractivity contribution in [3.05, 3.63) is 53.6 Å². The zero-order valence-electron chi connectivity index (χ0n) is 18.6. The third kappa shape index (κ3) is 5.25. The van der Waals surface area contributed by atoms with Gasteiger partial charge < -0.3 is 4.74 Å². The molecule has 0 saturated carbocycles. The van der Waals surface area contributed by atoms with Crippen LogP contribution in [0.4, 0.5) is 10.8 Å². The molecule has 0 aliphatic carbocycles. The van der Waals surface area contributed by atoms with Crippen molar-refractivity contribution in [1.29, 1.82) is 0 Å². The molecular formula is C22H26N4O4S2. The third-order valence-corrected chi connectivity index (χ3v) is 6.98. The van der Waals surface area contributed by atoms with Crippen LogP contribution >= 0.6 is 11.3 Å². The molecule has 0 saturated heterocycles. The Morgan fingerprint density at radius 1 is 1.16 bits per heavy atom. The number of aryl methyl sites for hydroxylation is 2. The summed E-state index contributed by atoms with van der Waals surface area (Å²) in [7, 11) is -2.13. The molecule has 0 aliphatic heterocycles. The van der Waals surface area contributed by atoms with E-state index >= 15 is 0 Å². The smallest absolute Gasteiger partial charge is 0.250 e. The standard InChI is InChI=1S/C22H26N4O4S2/c1-6-18(26(32(5,28)29)19-13-14(2)7-8-15(19)3)20(27)23-22-25-24-21(31-22)16-9-11-17(30-4)12-10-16/h7-13,18H,6H2,1-5H3,(H,23,25,27). The zero-order valence-corrected chi connectivity index (χ0v) is 20.3. The molecule has 0 spiro atoms. The minimum absolute atomic E-state index is 0.288. The van der Waals surface area contributed by atoms with E-state index in [0.29, 0.717) is 15.8 Å². The lowest BCUT2D eigenvalue weighted by Gasteiger charge is -2.31. The molecule has 1 atom stereocenters. The second-order valence-electron chi connectivity index (χ2n) is 7.40. The number of nitrogens with zero attached hydrogens (tertiary/aromatic N) is 3. The molecule has 0 radical (unpaired) electrons. The molecule has 0 aliphatic rings. The van der Waals surface area contributed by atoms with Crippen LogP contribution < -0.4 is 14.4 Å². The van der Waals surface area contributed by atoms with Gasteiger partial charge in [0.05, 0.1) is 19.1 Å². The van der Waals surface area contributed by atoms with Gasteiger partial charge in [-0.15, -0.1) is 10.2 Å². The molecule has 3 rings (SSSR count). The Labute approximate surface area is 192 Å². The van der Waals surface area contributed by atoms with E-state index in [4.69, 9.17) is 4.74 Å². The van der Waals surface area contributed by atoms with Crippen LogP contribution in [-0.2, 0) is 14.8 Å². The summed E-state index contributed by atoms with van der Waals surface area (Å²) in [5.74, 6) is 0.265. The SMILES string of the molecule is CCC(C(=O)Nc1nnc(-c2ccc(OC)cc2)s1)N(c1cc(C)ccc1C)S(C)(=O)=O. The number of carbonyl (C=O) groups excluding carboxylic acids is 1. The molecule has 32 heavy (non-hydrogen) atoms. The van der Waals surface area contributed by atoms with E-state index in [1.807, 2.05) is 50.2 Å². The average Bonchev–Trinajstić information content (AvgIpc) is 3.21. The number of nitrogens with one attached hydrogen (secondary N) is 1. The molecule has 1 N–H and O–H groups in total. The van der Waals surface area contributed by atoms with Gasteiger partial charge in [0.2, 0.25) is 21.1 Å². The first-order valence-corrected chi connectivity index (χ1v) is 12.7. The summed E-state index contributed by atoms with van der Waals surface area (Å²) in [4.78, 5) is 13.1. The van der Waals surface area contributed by atoms with Crippen molar-refractivity contribution in [2.24, 2.45) is 0 Å². The summed E-state index contributed by atoms with van der Waals surface area (Å²) in [5.41, 5.74) is 3.00. The third-order valence-electron chi connectivity index (χ3n) is 4.92. The van der Waals surface area contributed by atoms with E-state index in [9.17, 15) is 13.2 Å². The lowest BCUT2D eigenvalue weighted by Crippen LogP contribution is -2.47. The molecule has 10 heteroatoms. The molecule has 2 aromatic carbocycles. The Bertz CT molecular complexity index is 1210. The molecule has 1 amide bonds. The van der Waals surface area contributed by atoms with Crippen molar-refractivity contribution in [1.82, 2.24) is 10.2 Å². The van der Waals surface area contributed by atoms with Gasteiger partial charge in [-0.25, -0.2) is 8.42 Å². The number of hydrogen-bond acceptors (Lipinski definition) is 7. The van der Waals surface area contributed by atoms with E-state index in [1.54, 1.807) is 20.1 Å². The van der Waals surface area contributed by atoms with E-state index in [2.05, 4.69) is 15.5 Å². The number of rotatable bonds is 8. The van der Waals surface area contributed by atoms with Gasteiger partial charge in [0, 0.05) is 5.56 Å². The van der Waals surface area contributed by atoms with Crippen LogP contribution in [-0.4, -0.2) is 43.9 Å². The van der Waals surface area contributed by atoms with Crippen LogP contribution in [0.1, 0.15) is 24.5 Å². The van der Waals surface area contributed by atoms with Gasteiger partial charge in [-0.3, -0.25) is 14.4 Å². The fourth-order valence-electron chi connectivity index (χ4n) is 3.30. The molecule has 3 aromatic rings. The van der Waals surface area contributed by atoms with E-state index in [1.165, 1.54) is 15.6 Å². The fourth-order valence-corrected chi connectivity index (χ4v) is 5.32. The second kappa shape index (κ2) is 9.66. The van der Waals surface area contributed by atoms with Crippen molar-refractivity contribution >= 4 is 38.1 Å². The van der Waals surface area contributed by atoms with Crippen LogP contribution in [0.3, 0.4) is 0 Å². The molecule has 1 aromatic heterocycles. The number of benzene rings is 2. The number of sulfonamides is 1. The van der Waals surface area contributed by atoms with E-state index < -0.39 is 22.0 Å². The zero-order chi connectivity index (χ0) is 23.5. The van der Waals surface area contributed by atoms with Gasteiger partial charge in [-0.2, -0.15) is 0 Å². The summed E-state index contributed by atoms with van der Waals surface area (Å²) >= 11 is 1.21. The Kier molecular flexibility index (Phi) is 7.15. The minimum Gasteiger partial charge on any atom is -0.497 e. The Balaban J connectivity index is 1.87. The number of hydrogen-bond donors (Lipinski definition) is 1. The maximum Gasteiger partial charge on any atom is 0.250 e. The number of amides is 1. The van der Waals surface area contributed by atoms with Gasteiger partial charge in [-0.05, 0) is 61.7 Å². The van der Waals surface area contributed by atoms with Gasteiger partial charge in [-0.1, -0.05) is 30.4 Å². The first-order valence-electron chi connectivity index (χ1n) is 9.99.